The van der Waals surface area contributed by atoms with Crippen molar-refractivity contribution in [3.8, 4) is 0 Å². The van der Waals surface area contributed by atoms with Crippen molar-refractivity contribution >= 4 is 11.9 Å². The Bertz CT molecular complexity index is 249. The molecule has 0 aliphatic rings. The van der Waals surface area contributed by atoms with Crippen molar-refractivity contribution in [1.29, 1.82) is 0 Å². The maximum absolute atomic E-state index is 10.8. The number of aliphatic carboxylic acids is 2. The number of carboxylic acids is 2. The van der Waals surface area contributed by atoms with E-state index in [0.717, 1.165) is 0 Å². The molecule has 100 valence electrons. The number of unbranched alkanes of at least 4 members (excludes halogenated alkanes) is 1. The lowest BCUT2D eigenvalue weighted by atomic mass is 10.1. The second kappa shape index (κ2) is 8.88. The third-order valence-corrected chi connectivity index (χ3v) is 2.16. The van der Waals surface area contributed by atoms with E-state index in [0.29, 0.717) is 25.8 Å². The lowest BCUT2D eigenvalue weighted by Gasteiger charge is -2.18. The summed E-state index contributed by atoms with van der Waals surface area (Å²) in [7, 11) is 0. The predicted molar refractivity (Wildman–Crippen MR) is 59.1 cm³/mol. The van der Waals surface area contributed by atoms with Crippen LogP contribution in [0.2, 0.25) is 0 Å². The van der Waals surface area contributed by atoms with Gasteiger partial charge >= 0.3 is 11.9 Å². The molecule has 0 aliphatic heterocycles. The van der Waals surface area contributed by atoms with Gasteiger partial charge in [-0.3, -0.25) is 9.59 Å². The number of carbonyl (C=O) groups is 2. The first-order valence-corrected chi connectivity index (χ1v) is 5.30. The van der Waals surface area contributed by atoms with Crippen LogP contribution in [0.3, 0.4) is 0 Å². The van der Waals surface area contributed by atoms with E-state index < -0.39 is 30.6 Å². The van der Waals surface area contributed by atoms with E-state index >= 15 is 0 Å². The average Bonchev–Trinajstić information content (AvgIpc) is 2.26. The highest BCUT2D eigenvalue weighted by Crippen LogP contribution is 2.00. The Morgan fingerprint density at radius 2 is 1.59 bits per heavy atom. The molecule has 0 saturated heterocycles. The van der Waals surface area contributed by atoms with Crippen molar-refractivity contribution in [1.82, 2.24) is 10.9 Å². The summed E-state index contributed by atoms with van der Waals surface area (Å²) in [5.74, 6) is -2.34. The fourth-order valence-corrected chi connectivity index (χ4v) is 1.14. The molecule has 0 aromatic carbocycles. The molecule has 17 heavy (non-hydrogen) atoms. The molecule has 8 heteroatoms. The second-order valence-corrected chi connectivity index (χ2v) is 3.54. The summed E-state index contributed by atoms with van der Waals surface area (Å²) in [6.07, 6.45) is 1.66. The zero-order valence-electron chi connectivity index (χ0n) is 9.43. The standard InChI is InChI=1S/C9H19N3O5/c10-4-2-1-3-6(8(14)15)11-12-7(5-13)9(16)17/h6-7,11-13H,1-5,10H2,(H,14,15)(H,16,17)/t6-,7-/m0/s1. The first kappa shape index (κ1) is 15.8. The Labute approximate surface area is 98.8 Å². The summed E-state index contributed by atoms with van der Waals surface area (Å²) in [6.45, 7) is -0.147. The molecule has 0 aromatic rings. The molecule has 0 bridgehead atoms. The largest absolute Gasteiger partial charge is 0.480 e. The van der Waals surface area contributed by atoms with Gasteiger partial charge in [0.15, 0.2) is 0 Å². The molecule has 0 heterocycles. The van der Waals surface area contributed by atoms with Gasteiger partial charge in [0.05, 0.1) is 6.61 Å². The lowest BCUT2D eigenvalue weighted by Crippen LogP contribution is -2.53. The van der Waals surface area contributed by atoms with Gasteiger partial charge in [-0.15, -0.1) is 0 Å². The van der Waals surface area contributed by atoms with Crippen molar-refractivity contribution in [3.05, 3.63) is 0 Å². The molecule has 0 unspecified atom stereocenters. The molecule has 8 nitrogen and oxygen atoms in total. The van der Waals surface area contributed by atoms with Crippen LogP contribution in [0.5, 0.6) is 0 Å². The molecule has 0 radical (unpaired) electrons. The SMILES string of the molecule is NCCCC[C@H](NN[C@@H](CO)C(=O)O)C(=O)O. The molecule has 0 saturated carbocycles. The minimum atomic E-state index is -1.26. The van der Waals surface area contributed by atoms with Gasteiger partial charge in [-0.2, -0.15) is 0 Å². The van der Waals surface area contributed by atoms with Crippen LogP contribution in [-0.2, 0) is 9.59 Å². The number of hydrogen-bond donors (Lipinski definition) is 6. The summed E-state index contributed by atoms with van der Waals surface area (Å²) in [6, 6.07) is -2.14. The second-order valence-electron chi connectivity index (χ2n) is 3.54. The van der Waals surface area contributed by atoms with E-state index in [2.05, 4.69) is 10.9 Å². The Kier molecular flexibility index (Phi) is 8.24. The van der Waals surface area contributed by atoms with Gasteiger partial charge in [0, 0.05) is 0 Å². The number of carboxylic acid groups (broad SMARTS) is 2. The van der Waals surface area contributed by atoms with E-state index in [1.54, 1.807) is 0 Å². The van der Waals surface area contributed by atoms with Crippen molar-refractivity contribution in [2.45, 2.75) is 31.3 Å². The number of hydrazine groups is 1. The van der Waals surface area contributed by atoms with Crippen LogP contribution in [-0.4, -0.2) is 52.5 Å². The van der Waals surface area contributed by atoms with Crippen molar-refractivity contribution < 1.29 is 24.9 Å². The molecule has 0 spiro atoms. The molecule has 0 aromatic heterocycles. The van der Waals surface area contributed by atoms with E-state index in [1.165, 1.54) is 0 Å². The number of aliphatic hydroxyl groups excluding tert-OH is 1. The summed E-state index contributed by atoms with van der Waals surface area (Å²) in [5, 5.41) is 26.2. The number of rotatable bonds is 10. The minimum Gasteiger partial charge on any atom is -0.480 e. The minimum absolute atomic E-state index is 0.331. The third-order valence-electron chi connectivity index (χ3n) is 2.16. The summed E-state index contributed by atoms with van der Waals surface area (Å²) < 4.78 is 0. The monoisotopic (exact) mass is 249 g/mol. The Balaban J connectivity index is 4.07. The highest BCUT2D eigenvalue weighted by atomic mass is 16.4. The summed E-state index contributed by atoms with van der Waals surface area (Å²) in [5.41, 5.74) is 9.92. The molecule has 0 amide bonds. The van der Waals surface area contributed by atoms with Crippen LogP contribution in [0, 0.1) is 0 Å². The lowest BCUT2D eigenvalue weighted by molar-refractivity contribution is -0.143. The van der Waals surface area contributed by atoms with Gasteiger partial charge in [-0.05, 0) is 25.8 Å². The van der Waals surface area contributed by atoms with Gasteiger partial charge in [0.2, 0.25) is 0 Å². The van der Waals surface area contributed by atoms with E-state index in [-0.39, 0.29) is 0 Å². The van der Waals surface area contributed by atoms with Crippen molar-refractivity contribution in [2.75, 3.05) is 13.2 Å². The zero-order chi connectivity index (χ0) is 13.3. The number of aliphatic hydroxyl groups is 1. The van der Waals surface area contributed by atoms with Gasteiger partial charge in [0.25, 0.3) is 0 Å². The van der Waals surface area contributed by atoms with Crippen molar-refractivity contribution in [2.24, 2.45) is 5.73 Å². The number of hydrogen-bond acceptors (Lipinski definition) is 6. The third kappa shape index (κ3) is 6.84. The van der Waals surface area contributed by atoms with Crippen LogP contribution in [0.25, 0.3) is 0 Å². The molecule has 2 atom stereocenters. The highest BCUT2D eigenvalue weighted by molar-refractivity contribution is 5.74. The first-order chi connectivity index (χ1) is 8.02. The zero-order valence-corrected chi connectivity index (χ0v) is 9.43. The van der Waals surface area contributed by atoms with Crippen LogP contribution < -0.4 is 16.6 Å². The molecule has 7 N–H and O–H groups in total. The van der Waals surface area contributed by atoms with Crippen LogP contribution >= 0.6 is 0 Å². The van der Waals surface area contributed by atoms with Gasteiger partial charge in [-0.25, -0.2) is 10.9 Å². The summed E-state index contributed by atoms with van der Waals surface area (Å²) >= 11 is 0. The fraction of sp³-hybridized carbons (Fsp3) is 0.778. The van der Waals surface area contributed by atoms with E-state index in [4.69, 9.17) is 21.1 Å². The fourth-order valence-electron chi connectivity index (χ4n) is 1.14. The Morgan fingerprint density at radius 3 is 2.00 bits per heavy atom. The summed E-state index contributed by atoms with van der Waals surface area (Å²) in [4.78, 5) is 21.4. The van der Waals surface area contributed by atoms with Gasteiger partial charge in [0.1, 0.15) is 12.1 Å². The first-order valence-electron chi connectivity index (χ1n) is 5.30. The topological polar surface area (TPSA) is 145 Å². The maximum atomic E-state index is 10.8. The normalized spacial score (nSPS) is 14.2. The molecular weight excluding hydrogens is 230 g/mol. The molecular formula is C9H19N3O5. The number of nitrogens with one attached hydrogen (secondary N) is 2. The average molecular weight is 249 g/mol. The van der Waals surface area contributed by atoms with Gasteiger partial charge < -0.3 is 21.1 Å². The van der Waals surface area contributed by atoms with E-state index in [9.17, 15) is 9.59 Å². The van der Waals surface area contributed by atoms with Crippen LogP contribution in [0.1, 0.15) is 19.3 Å². The number of nitrogens with two attached hydrogens (primary N) is 1. The predicted octanol–water partition coefficient (Wildman–Crippen LogP) is -1.89. The van der Waals surface area contributed by atoms with E-state index in [1.807, 2.05) is 0 Å². The molecule has 0 fully saturated rings. The Hall–Kier alpha value is -1.22. The molecule has 0 rings (SSSR count). The van der Waals surface area contributed by atoms with Gasteiger partial charge in [-0.1, -0.05) is 0 Å². The quantitative estimate of drug-likeness (QED) is 0.195. The molecule has 0 aliphatic carbocycles. The smallest absolute Gasteiger partial charge is 0.324 e. The Morgan fingerprint density at radius 1 is 1.06 bits per heavy atom. The van der Waals surface area contributed by atoms with Crippen LogP contribution in [0.4, 0.5) is 0 Å². The maximum Gasteiger partial charge on any atom is 0.324 e. The highest BCUT2D eigenvalue weighted by Gasteiger charge is 2.20. The van der Waals surface area contributed by atoms with Crippen molar-refractivity contribution in [3.63, 3.8) is 0 Å². The van der Waals surface area contributed by atoms with Crippen LogP contribution in [0.15, 0.2) is 0 Å².